The Bertz CT molecular complexity index is 774. The fourth-order valence-corrected chi connectivity index (χ4v) is 3.90. The number of nitrogens with two attached hydrogens (primary N) is 1. The Morgan fingerprint density at radius 3 is 1.92 bits per heavy atom. The van der Waals surface area contributed by atoms with Crippen LogP contribution in [0.2, 0.25) is 0 Å². The van der Waals surface area contributed by atoms with E-state index in [1.165, 1.54) is 11.1 Å². The fraction of sp³-hybridized carbons (Fsp3) is 0.182. The van der Waals surface area contributed by atoms with Gasteiger partial charge in [-0.05, 0) is 16.7 Å². The lowest BCUT2D eigenvalue weighted by Crippen LogP contribution is -2.90. The van der Waals surface area contributed by atoms with E-state index in [4.69, 9.17) is 0 Å². The van der Waals surface area contributed by atoms with Crippen LogP contribution in [-0.2, 0) is 12.0 Å². The van der Waals surface area contributed by atoms with Gasteiger partial charge in [-0.1, -0.05) is 84.9 Å². The molecule has 1 heterocycles. The lowest BCUT2D eigenvalue weighted by Gasteiger charge is -2.38. The largest absolute Gasteiger partial charge is 0.374 e. The van der Waals surface area contributed by atoms with E-state index >= 15 is 0 Å². The van der Waals surface area contributed by atoms with E-state index in [9.17, 15) is 5.11 Å². The van der Waals surface area contributed by atoms with Gasteiger partial charge in [0.15, 0.2) is 5.60 Å². The lowest BCUT2D eigenvalue weighted by atomic mass is 9.75. The van der Waals surface area contributed by atoms with E-state index in [1.807, 2.05) is 60.7 Å². The first-order valence-electron chi connectivity index (χ1n) is 8.54. The van der Waals surface area contributed by atoms with Crippen molar-refractivity contribution in [1.82, 2.24) is 0 Å². The maximum Gasteiger partial charge on any atom is 0.171 e. The molecule has 1 unspecified atom stereocenters. The van der Waals surface area contributed by atoms with Crippen molar-refractivity contribution in [3.8, 4) is 0 Å². The lowest BCUT2D eigenvalue weighted by molar-refractivity contribution is -0.713. The fourth-order valence-electron chi connectivity index (χ4n) is 3.90. The summed E-state index contributed by atoms with van der Waals surface area (Å²) in [5.74, 6) is 0. The maximum atomic E-state index is 12.0. The van der Waals surface area contributed by atoms with E-state index < -0.39 is 5.60 Å². The molecule has 1 aliphatic rings. The van der Waals surface area contributed by atoms with E-state index in [-0.39, 0.29) is 6.04 Å². The summed E-state index contributed by atoms with van der Waals surface area (Å²) in [5.41, 5.74) is 3.40. The topological polar surface area (TPSA) is 36.8 Å². The van der Waals surface area contributed by atoms with Gasteiger partial charge in [0.05, 0.1) is 6.54 Å². The zero-order valence-electron chi connectivity index (χ0n) is 13.6. The molecule has 0 saturated carbocycles. The van der Waals surface area contributed by atoms with Crippen molar-refractivity contribution in [2.75, 3.05) is 6.54 Å². The van der Waals surface area contributed by atoms with Crippen LogP contribution in [0.1, 0.15) is 28.3 Å². The van der Waals surface area contributed by atoms with Crippen LogP contribution in [0.15, 0.2) is 84.9 Å². The van der Waals surface area contributed by atoms with Gasteiger partial charge in [0, 0.05) is 12.0 Å². The molecule has 0 radical (unpaired) electrons. The van der Waals surface area contributed by atoms with Crippen molar-refractivity contribution in [3.05, 3.63) is 107 Å². The molecule has 1 aliphatic heterocycles. The van der Waals surface area contributed by atoms with Gasteiger partial charge in [0.1, 0.15) is 6.04 Å². The van der Waals surface area contributed by atoms with Crippen molar-refractivity contribution in [3.63, 3.8) is 0 Å². The molecule has 0 amide bonds. The first kappa shape index (κ1) is 15.1. The smallest absolute Gasteiger partial charge is 0.171 e. The molecule has 0 fully saturated rings. The molecule has 2 nitrogen and oxygen atoms in total. The Hall–Kier alpha value is -2.42. The highest BCUT2D eigenvalue weighted by Crippen LogP contribution is 2.40. The Balaban J connectivity index is 1.92. The molecule has 3 N–H and O–H groups in total. The average molecular weight is 316 g/mol. The molecule has 2 heteroatoms. The van der Waals surface area contributed by atoms with Gasteiger partial charge in [0.2, 0.25) is 0 Å². The van der Waals surface area contributed by atoms with Gasteiger partial charge in [-0.25, -0.2) is 0 Å². The Labute approximate surface area is 142 Å². The van der Waals surface area contributed by atoms with Crippen LogP contribution >= 0.6 is 0 Å². The van der Waals surface area contributed by atoms with E-state index in [1.54, 1.807) is 0 Å². The monoisotopic (exact) mass is 316 g/mol. The first-order valence-corrected chi connectivity index (χ1v) is 8.54. The standard InChI is InChI=1S/C22H21NO/c24-22(18-10-3-1-4-11-18,19-12-5-2-6-13-19)21-20-14-8-7-9-17(20)15-16-23-21/h1-14,21,23-24H,15-16H2/p+1. The molecule has 0 saturated heterocycles. The molecule has 0 bridgehead atoms. The molecular weight excluding hydrogens is 294 g/mol. The molecule has 4 rings (SSSR count). The Kier molecular flexibility index (Phi) is 3.93. The maximum absolute atomic E-state index is 12.0. The molecule has 3 aromatic rings. The summed E-state index contributed by atoms with van der Waals surface area (Å²) in [7, 11) is 0. The quantitative estimate of drug-likeness (QED) is 0.766. The minimum absolute atomic E-state index is 0.0488. The molecule has 0 aliphatic carbocycles. The van der Waals surface area contributed by atoms with Crippen LogP contribution in [-0.4, -0.2) is 11.7 Å². The van der Waals surface area contributed by atoms with Gasteiger partial charge in [-0.15, -0.1) is 0 Å². The van der Waals surface area contributed by atoms with Gasteiger partial charge in [-0.3, -0.25) is 0 Å². The molecule has 0 spiro atoms. The van der Waals surface area contributed by atoms with E-state index in [0.29, 0.717) is 0 Å². The summed E-state index contributed by atoms with van der Waals surface area (Å²) in [6.45, 7) is 0.990. The number of hydrogen-bond donors (Lipinski definition) is 2. The van der Waals surface area contributed by atoms with Crippen LogP contribution in [0, 0.1) is 0 Å². The second kappa shape index (κ2) is 6.23. The highest BCUT2D eigenvalue weighted by molar-refractivity contribution is 5.42. The second-order valence-corrected chi connectivity index (χ2v) is 6.45. The van der Waals surface area contributed by atoms with Gasteiger partial charge < -0.3 is 10.4 Å². The number of hydrogen-bond acceptors (Lipinski definition) is 1. The van der Waals surface area contributed by atoms with Crippen LogP contribution < -0.4 is 5.32 Å². The van der Waals surface area contributed by atoms with Gasteiger partial charge >= 0.3 is 0 Å². The second-order valence-electron chi connectivity index (χ2n) is 6.45. The third-order valence-electron chi connectivity index (χ3n) is 5.08. The Morgan fingerprint density at radius 1 is 0.750 bits per heavy atom. The summed E-state index contributed by atoms with van der Waals surface area (Å²) in [6, 6.07) is 28.5. The number of benzene rings is 3. The summed E-state index contributed by atoms with van der Waals surface area (Å²) in [6.07, 6.45) is 1.05. The predicted octanol–water partition coefficient (Wildman–Crippen LogP) is 2.78. The SMILES string of the molecule is OC(c1ccccc1)(c1ccccc1)C1[NH2+]CCc2ccccc21. The summed E-state index contributed by atoms with van der Waals surface area (Å²) < 4.78 is 0. The minimum Gasteiger partial charge on any atom is -0.374 e. The average Bonchev–Trinajstić information content (AvgIpc) is 2.68. The van der Waals surface area contributed by atoms with Crippen molar-refractivity contribution in [2.24, 2.45) is 0 Å². The predicted molar refractivity (Wildman–Crippen MR) is 95.6 cm³/mol. The van der Waals surface area contributed by atoms with Gasteiger partial charge in [-0.2, -0.15) is 0 Å². The first-order chi connectivity index (χ1) is 11.8. The van der Waals surface area contributed by atoms with Crippen LogP contribution in [0.4, 0.5) is 0 Å². The van der Waals surface area contributed by atoms with Gasteiger partial charge in [0.25, 0.3) is 0 Å². The Morgan fingerprint density at radius 2 is 1.29 bits per heavy atom. The summed E-state index contributed by atoms with van der Waals surface area (Å²) in [5, 5.41) is 14.3. The molecule has 24 heavy (non-hydrogen) atoms. The van der Waals surface area contributed by atoms with Crippen molar-refractivity contribution in [1.29, 1.82) is 0 Å². The summed E-state index contributed by atoms with van der Waals surface area (Å²) >= 11 is 0. The zero-order chi connectivity index (χ0) is 16.4. The minimum atomic E-state index is -1.06. The normalized spacial score (nSPS) is 17.3. The molecule has 1 atom stereocenters. The molecule has 120 valence electrons. The van der Waals surface area contributed by atoms with Crippen LogP contribution in [0.3, 0.4) is 0 Å². The number of aliphatic hydroxyl groups is 1. The van der Waals surface area contributed by atoms with Crippen molar-refractivity contribution < 1.29 is 10.4 Å². The number of quaternary nitrogens is 1. The van der Waals surface area contributed by atoms with Crippen molar-refractivity contribution >= 4 is 0 Å². The zero-order valence-corrected chi connectivity index (χ0v) is 13.6. The summed E-state index contributed by atoms with van der Waals surface area (Å²) in [4.78, 5) is 0. The molecule has 3 aromatic carbocycles. The van der Waals surface area contributed by atoms with E-state index in [0.717, 1.165) is 24.1 Å². The van der Waals surface area contributed by atoms with Crippen LogP contribution in [0.5, 0.6) is 0 Å². The highest BCUT2D eigenvalue weighted by atomic mass is 16.3. The third kappa shape index (κ3) is 2.44. The third-order valence-corrected chi connectivity index (χ3v) is 5.08. The number of fused-ring (bicyclic) bond motifs is 1. The van der Waals surface area contributed by atoms with Crippen molar-refractivity contribution in [2.45, 2.75) is 18.1 Å². The molecule has 0 aromatic heterocycles. The molecular formula is C22H22NO+. The van der Waals surface area contributed by atoms with E-state index in [2.05, 4.69) is 29.6 Å². The highest BCUT2D eigenvalue weighted by Gasteiger charge is 2.45. The van der Waals surface area contributed by atoms with Crippen LogP contribution in [0.25, 0.3) is 0 Å². The number of rotatable bonds is 3.